The highest BCUT2D eigenvalue weighted by molar-refractivity contribution is 6.20. The van der Waals surface area contributed by atoms with Crippen LogP contribution in [0.3, 0.4) is 0 Å². The summed E-state index contributed by atoms with van der Waals surface area (Å²) in [5.74, 6) is -1.57. The molecule has 4 aromatic rings. The van der Waals surface area contributed by atoms with Crippen LogP contribution in [0.2, 0.25) is 0 Å². The zero-order valence-electron chi connectivity index (χ0n) is 29.7. The van der Waals surface area contributed by atoms with Gasteiger partial charge in [0, 0.05) is 11.9 Å². The van der Waals surface area contributed by atoms with E-state index in [1.807, 2.05) is 80.7 Å². The Labute approximate surface area is 295 Å². The Morgan fingerprint density at radius 3 is 2.00 bits per heavy atom. The molecule has 250 valence electrons. The molecule has 0 spiro atoms. The van der Waals surface area contributed by atoms with Gasteiger partial charge in [0.15, 0.2) is 18.8 Å². The van der Waals surface area contributed by atoms with Gasteiger partial charge in [-0.25, -0.2) is 19.3 Å². The molecule has 4 aromatic carbocycles. The number of aliphatic imine (C=N–C) groups is 1. The molecular weight excluding hydrogens is 628 g/mol. The SMILES string of the molecule is [2H]C(=[N+]=[N-])C(=O)OCC=C.[2H][C@]1(C(=O)OCC=C)[C@@H](c2ccc([N+]#[C-])cc2)N1c1ccccc1C.[C-]#[N+]c1ccc(C=Nc2ccccc2C)cc1. The number of hydrogen-bond donors (Lipinski definition) is 0. The predicted molar refractivity (Wildman–Crippen MR) is 196 cm³/mol. The maximum Gasteiger partial charge on any atom is 0.413 e. The molecule has 0 bridgehead atoms. The van der Waals surface area contributed by atoms with Crippen LogP contribution < -0.4 is 4.90 Å². The first-order valence-electron chi connectivity index (χ1n) is 16.2. The molecule has 2 atom stereocenters. The zero-order chi connectivity index (χ0) is 38.1. The van der Waals surface area contributed by atoms with Gasteiger partial charge in [0.05, 0.1) is 26.2 Å². The van der Waals surface area contributed by atoms with Gasteiger partial charge in [-0.15, -0.1) is 0 Å². The fourth-order valence-electron chi connectivity index (χ4n) is 4.45. The van der Waals surface area contributed by atoms with E-state index in [0.717, 1.165) is 33.6 Å². The number of esters is 2. The quantitative estimate of drug-likeness (QED) is 0.0320. The number of nitrogens with zero attached hydrogens (tertiary/aromatic N) is 6. The Morgan fingerprint density at radius 2 is 1.44 bits per heavy atom. The fourth-order valence-corrected chi connectivity index (χ4v) is 4.45. The number of carbonyl (C=O) groups excluding carboxylic acids is 2. The van der Waals surface area contributed by atoms with Crippen LogP contribution in [0.25, 0.3) is 15.2 Å². The number of rotatable bonds is 10. The lowest BCUT2D eigenvalue weighted by atomic mass is 10.1. The molecule has 0 radical (unpaired) electrons. The number of anilines is 1. The number of benzene rings is 4. The van der Waals surface area contributed by atoms with E-state index in [1.165, 1.54) is 12.2 Å². The summed E-state index contributed by atoms with van der Waals surface area (Å²) in [6.07, 6.45) is 3.83. The van der Waals surface area contributed by atoms with Gasteiger partial charge in [-0.1, -0.05) is 110 Å². The molecule has 0 N–H and O–H groups in total. The van der Waals surface area contributed by atoms with Gasteiger partial charge in [0.1, 0.15) is 13.2 Å². The maximum absolute atomic E-state index is 12.5. The average molecular weight is 667 g/mol. The van der Waals surface area contributed by atoms with Crippen molar-refractivity contribution in [3.63, 3.8) is 0 Å². The van der Waals surface area contributed by atoms with E-state index in [4.69, 9.17) is 26.2 Å². The number of carbonyl (C=O) groups is 2. The Balaban J connectivity index is 0.000000233. The summed E-state index contributed by atoms with van der Waals surface area (Å²) in [5.41, 5.74) is 14.8. The van der Waals surface area contributed by atoms with Crippen LogP contribution in [0.1, 0.15) is 31.0 Å². The van der Waals surface area contributed by atoms with E-state index in [0.29, 0.717) is 11.4 Å². The molecular formula is C40H36N6O4. The van der Waals surface area contributed by atoms with Crippen LogP contribution in [0.5, 0.6) is 0 Å². The molecule has 1 aliphatic rings. The highest BCUT2D eigenvalue weighted by Gasteiger charge is 2.54. The Bertz CT molecular complexity index is 2060. The molecule has 0 saturated carbocycles. The smallest absolute Gasteiger partial charge is 0.413 e. The van der Waals surface area contributed by atoms with Gasteiger partial charge in [-0.3, -0.25) is 4.99 Å². The van der Waals surface area contributed by atoms with Crippen molar-refractivity contribution in [2.45, 2.75) is 25.9 Å². The largest absolute Gasteiger partial charge is 0.460 e. The van der Waals surface area contributed by atoms with E-state index in [-0.39, 0.29) is 13.2 Å². The van der Waals surface area contributed by atoms with E-state index >= 15 is 0 Å². The zero-order valence-corrected chi connectivity index (χ0v) is 27.7. The second-order valence-electron chi connectivity index (χ2n) is 10.4. The molecule has 10 heteroatoms. The van der Waals surface area contributed by atoms with E-state index in [2.05, 4.69) is 37.4 Å². The Kier molecular flexibility index (Phi) is 13.6. The first-order valence-corrected chi connectivity index (χ1v) is 15.2. The standard InChI is InChI=1S/C20H18N2O2.C15H12N2.C5H6N2O2/c1-4-13-24-20(23)19-18(15-9-11-16(21-3)12-10-15)22(19)17-8-6-5-7-14(17)2;1-12-5-3-4-6-15(12)17-11-13-7-9-14(16-2)10-8-13;1-2-3-9-5(8)4-7-6/h4-12,18-19H,1,13H2,2H3;3-11H,1H3;2,4H,1,3H2/t18-,19-,22?;;/m1../s1/i19D;;4D. The molecule has 5 rings (SSSR count). The lowest BCUT2D eigenvalue weighted by Gasteiger charge is -2.09. The van der Waals surface area contributed by atoms with Gasteiger partial charge >= 0.3 is 18.1 Å². The normalized spacial score (nSPS) is 15.8. The molecule has 1 fully saturated rings. The van der Waals surface area contributed by atoms with Crippen molar-refractivity contribution in [3.8, 4) is 0 Å². The maximum atomic E-state index is 12.5. The summed E-state index contributed by atoms with van der Waals surface area (Å²) in [4.78, 5) is 38.2. The first-order chi connectivity index (χ1) is 25.0. The van der Waals surface area contributed by atoms with Crippen molar-refractivity contribution in [2.24, 2.45) is 4.99 Å². The van der Waals surface area contributed by atoms with Gasteiger partial charge in [0.2, 0.25) is 0 Å². The molecule has 0 aromatic heterocycles. The molecule has 1 saturated heterocycles. The highest BCUT2D eigenvalue weighted by Crippen LogP contribution is 2.48. The Morgan fingerprint density at radius 1 is 0.880 bits per heavy atom. The van der Waals surface area contributed by atoms with Crippen molar-refractivity contribution in [3.05, 3.63) is 173 Å². The van der Waals surface area contributed by atoms with Crippen molar-refractivity contribution in [1.82, 2.24) is 0 Å². The minimum absolute atomic E-state index is 0.0106. The summed E-state index contributed by atoms with van der Waals surface area (Å²) in [7, 11) is 0. The number of aryl methyl sites for hydroxylation is 2. The van der Waals surface area contributed by atoms with Gasteiger partial charge in [-0.05, 0) is 48.2 Å². The summed E-state index contributed by atoms with van der Waals surface area (Å²) >= 11 is 0. The monoisotopic (exact) mass is 666 g/mol. The summed E-state index contributed by atoms with van der Waals surface area (Å²) in [5, 5.41) is 0. The fraction of sp³-hybridized carbons (Fsp3) is 0.150. The second-order valence-corrected chi connectivity index (χ2v) is 10.4. The molecule has 0 amide bonds. The molecule has 1 aliphatic heterocycles. The lowest BCUT2D eigenvalue weighted by molar-refractivity contribution is -0.141. The van der Waals surface area contributed by atoms with Crippen LogP contribution in [0, 0.1) is 27.0 Å². The van der Waals surface area contributed by atoms with Crippen molar-refractivity contribution >= 4 is 47.1 Å². The summed E-state index contributed by atoms with van der Waals surface area (Å²) in [6, 6.07) is 28.0. The minimum atomic E-state index is -1.52. The van der Waals surface area contributed by atoms with Gasteiger partial charge < -0.3 is 19.9 Å². The van der Waals surface area contributed by atoms with Crippen LogP contribution in [0.15, 0.2) is 127 Å². The summed E-state index contributed by atoms with van der Waals surface area (Å²) in [6.45, 7) is 24.8. The van der Waals surface area contributed by atoms with E-state index in [1.54, 1.807) is 41.3 Å². The van der Waals surface area contributed by atoms with Crippen molar-refractivity contribution in [2.75, 3.05) is 18.1 Å². The van der Waals surface area contributed by atoms with Gasteiger partial charge in [0.25, 0.3) is 0 Å². The Hall–Kier alpha value is -6.87. The van der Waals surface area contributed by atoms with E-state index in [9.17, 15) is 9.59 Å². The van der Waals surface area contributed by atoms with Crippen molar-refractivity contribution in [1.29, 1.82) is 0 Å². The first kappa shape index (κ1) is 34.5. The number of hydrogen-bond acceptors (Lipinski definition) is 6. The minimum Gasteiger partial charge on any atom is -0.460 e. The molecule has 1 heterocycles. The molecule has 10 nitrogen and oxygen atoms in total. The van der Waals surface area contributed by atoms with Crippen LogP contribution >= 0.6 is 0 Å². The van der Waals surface area contributed by atoms with Crippen LogP contribution in [-0.2, 0) is 19.1 Å². The number of para-hydroxylation sites is 2. The number of ether oxygens (including phenoxy) is 2. The molecule has 0 unspecified atom stereocenters. The van der Waals surface area contributed by atoms with Gasteiger partial charge in [-0.2, -0.15) is 4.79 Å². The molecule has 0 aliphatic carbocycles. The van der Waals surface area contributed by atoms with Crippen LogP contribution in [0.4, 0.5) is 22.7 Å². The third kappa shape index (κ3) is 11.1. The lowest BCUT2D eigenvalue weighted by Crippen LogP contribution is -2.16. The summed E-state index contributed by atoms with van der Waals surface area (Å²) < 4.78 is 24.8. The third-order valence-electron chi connectivity index (χ3n) is 6.93. The average Bonchev–Trinajstić information content (AvgIpc) is 3.81. The highest BCUT2D eigenvalue weighted by atomic mass is 16.5. The molecule has 50 heavy (non-hydrogen) atoms. The third-order valence-corrected chi connectivity index (χ3v) is 6.93. The van der Waals surface area contributed by atoms with Crippen molar-refractivity contribution < 1.29 is 26.6 Å². The predicted octanol–water partition coefficient (Wildman–Crippen LogP) is 8.52. The second kappa shape index (κ2) is 19.7. The van der Waals surface area contributed by atoms with Crippen LogP contribution in [-0.4, -0.2) is 48.4 Å². The topological polar surface area (TPSA) is 113 Å². The van der Waals surface area contributed by atoms with E-state index < -0.39 is 30.2 Å².